The van der Waals surface area contributed by atoms with Crippen molar-refractivity contribution in [2.75, 3.05) is 6.26 Å². The lowest BCUT2D eigenvalue weighted by Crippen LogP contribution is -2.64. The molecule has 2 aromatic rings. The maximum atomic E-state index is 9.19. The molecule has 0 spiro atoms. The van der Waals surface area contributed by atoms with Crippen molar-refractivity contribution in [3.05, 3.63) is 108 Å². The summed E-state index contributed by atoms with van der Waals surface area (Å²) in [6.07, 6.45) is 26.6. The van der Waals surface area contributed by atoms with Crippen LogP contribution in [0.15, 0.2) is 96.8 Å². The van der Waals surface area contributed by atoms with E-state index >= 15 is 0 Å². The van der Waals surface area contributed by atoms with Gasteiger partial charge in [-0.15, -0.1) is 0 Å². The molecule has 6 rings (SSSR count). The molecule has 3 atom stereocenters. The van der Waals surface area contributed by atoms with E-state index in [9.17, 15) is 8.42 Å². The highest BCUT2D eigenvalue weighted by Crippen LogP contribution is 2.78. The molecule has 0 radical (unpaired) electrons. The Labute approximate surface area is 309 Å². The summed E-state index contributed by atoms with van der Waals surface area (Å²) in [6, 6.07) is 22.1. The fourth-order valence-corrected chi connectivity index (χ4v) is 14.7. The predicted octanol–water partition coefficient (Wildman–Crippen LogP) is 10.7. The van der Waals surface area contributed by atoms with Gasteiger partial charge in [-0.25, -0.2) is 0 Å². The molecule has 4 aliphatic carbocycles. The standard InChI is InChI=1S/C42H56NO2P.CH4O3S/c1-32(2)44-38-27-19-31-42(45-33(3)4,39(38)35-22-11-6-12-23-35)46(36-24-13-7-14-25-36)40(28-16-8-17-29-40)41(43)30-18-15-26-37(41)34-20-9-5-10-21-34;1-5(2,3)4/h5-6,9-12,15,18-23,26-27,32-33,36H,7-8,13-14,16-17,24-25,28-31,43H2,1-4H3;1H3,(H,2,3,4). The van der Waals surface area contributed by atoms with Gasteiger partial charge in [-0.1, -0.05) is 131 Å². The average Bonchev–Trinajstić information content (AvgIpc) is 3.09. The topological polar surface area (TPSA) is 98.9 Å². The summed E-state index contributed by atoms with van der Waals surface area (Å²) in [4.78, 5) is 0. The summed E-state index contributed by atoms with van der Waals surface area (Å²) in [5, 5.41) is -0.615. The minimum Gasteiger partial charge on any atom is -0.491 e. The summed E-state index contributed by atoms with van der Waals surface area (Å²) >= 11 is 0. The first-order valence-electron chi connectivity index (χ1n) is 19.1. The molecule has 0 bridgehead atoms. The van der Waals surface area contributed by atoms with Crippen molar-refractivity contribution < 1.29 is 22.4 Å². The van der Waals surface area contributed by atoms with Gasteiger partial charge in [0.15, 0.2) is 0 Å². The molecule has 0 amide bonds. The second-order valence-electron chi connectivity index (χ2n) is 15.4. The van der Waals surface area contributed by atoms with Crippen LogP contribution >= 0.6 is 7.92 Å². The fourth-order valence-electron chi connectivity index (χ4n) is 9.26. The van der Waals surface area contributed by atoms with Gasteiger partial charge in [0.25, 0.3) is 10.1 Å². The van der Waals surface area contributed by atoms with E-state index in [0.29, 0.717) is 11.9 Å². The van der Waals surface area contributed by atoms with Crippen molar-refractivity contribution in [2.24, 2.45) is 5.73 Å². The van der Waals surface area contributed by atoms with E-state index < -0.39 is 28.9 Å². The highest BCUT2D eigenvalue weighted by atomic mass is 32.2. The van der Waals surface area contributed by atoms with E-state index in [1.165, 1.54) is 73.6 Å². The van der Waals surface area contributed by atoms with Gasteiger partial charge in [-0.05, 0) is 88.2 Å². The molecule has 0 aliphatic heterocycles. The van der Waals surface area contributed by atoms with Gasteiger partial charge >= 0.3 is 0 Å². The molecule has 4 aliphatic rings. The molecule has 2 aromatic carbocycles. The third-order valence-corrected chi connectivity index (χ3v) is 15.2. The van der Waals surface area contributed by atoms with Crippen LogP contribution in [0.25, 0.3) is 11.1 Å². The van der Waals surface area contributed by atoms with Crippen LogP contribution in [-0.2, 0) is 19.6 Å². The number of ether oxygens (including phenoxy) is 2. The normalized spacial score (nSPS) is 26.0. The largest absolute Gasteiger partial charge is 0.491 e. The third-order valence-electron chi connectivity index (χ3n) is 10.9. The molecule has 2 saturated carbocycles. The maximum Gasteiger partial charge on any atom is 0.261 e. The molecule has 0 saturated heterocycles. The van der Waals surface area contributed by atoms with Crippen LogP contribution in [0.4, 0.5) is 0 Å². The Bertz CT molecular complexity index is 1660. The summed E-state index contributed by atoms with van der Waals surface area (Å²) in [5.74, 6) is 0.982. The Hall–Kier alpha value is -2.54. The van der Waals surface area contributed by atoms with Gasteiger partial charge in [0, 0.05) is 17.2 Å². The van der Waals surface area contributed by atoms with Crippen molar-refractivity contribution in [3.63, 3.8) is 0 Å². The van der Waals surface area contributed by atoms with Crippen molar-refractivity contribution in [2.45, 2.75) is 139 Å². The number of hydrogen-bond acceptors (Lipinski definition) is 5. The van der Waals surface area contributed by atoms with E-state index in [1.54, 1.807) is 0 Å². The van der Waals surface area contributed by atoms with Crippen molar-refractivity contribution in [1.82, 2.24) is 0 Å². The van der Waals surface area contributed by atoms with Crippen molar-refractivity contribution >= 4 is 29.2 Å². The van der Waals surface area contributed by atoms with E-state index in [0.717, 1.165) is 31.4 Å². The maximum absolute atomic E-state index is 9.19. The van der Waals surface area contributed by atoms with Crippen LogP contribution in [0.5, 0.6) is 0 Å². The lowest BCUT2D eigenvalue weighted by molar-refractivity contribution is 0.00908. The summed E-state index contributed by atoms with van der Waals surface area (Å²) in [5.41, 5.74) is 13.4. The fraction of sp³-hybridized carbons (Fsp3) is 0.535. The van der Waals surface area contributed by atoms with Gasteiger partial charge in [-0.3, -0.25) is 4.55 Å². The number of allylic oxidation sites excluding steroid dienone is 3. The predicted molar refractivity (Wildman–Crippen MR) is 214 cm³/mol. The molecule has 0 aromatic heterocycles. The van der Waals surface area contributed by atoms with Crippen molar-refractivity contribution in [3.8, 4) is 0 Å². The van der Waals surface area contributed by atoms with Crippen LogP contribution in [0.1, 0.15) is 116 Å². The van der Waals surface area contributed by atoms with Gasteiger partial charge in [0.2, 0.25) is 0 Å². The molecule has 6 nitrogen and oxygen atoms in total. The Morgan fingerprint density at radius 1 is 0.804 bits per heavy atom. The van der Waals surface area contributed by atoms with E-state index in [-0.39, 0.29) is 17.4 Å². The first-order valence-corrected chi connectivity index (χ1v) is 22.3. The van der Waals surface area contributed by atoms with Gasteiger partial charge in [-0.2, -0.15) is 8.42 Å². The second kappa shape index (κ2) is 17.1. The molecule has 51 heavy (non-hydrogen) atoms. The number of hydrogen-bond donors (Lipinski definition) is 2. The first kappa shape index (κ1) is 39.7. The van der Waals surface area contributed by atoms with Crippen LogP contribution < -0.4 is 5.73 Å². The SMILES string of the molecule is CC(C)OC1=C(c2ccccc2)C(OC(C)C)(P(C2CCCCC2)C2(C3(N)CC=CC=C3c3ccccc3)CCCCC2)CC=C1.CS(=O)(=O)O. The number of rotatable bonds is 10. The molecule has 3 unspecified atom stereocenters. The monoisotopic (exact) mass is 733 g/mol. The zero-order valence-electron chi connectivity index (χ0n) is 31.4. The van der Waals surface area contributed by atoms with Gasteiger partial charge < -0.3 is 15.2 Å². The molecule has 0 heterocycles. The zero-order valence-corrected chi connectivity index (χ0v) is 33.1. The Morgan fingerprint density at radius 3 is 1.94 bits per heavy atom. The van der Waals surface area contributed by atoms with Crippen molar-refractivity contribution in [1.29, 1.82) is 0 Å². The zero-order chi connectivity index (χ0) is 36.7. The lowest BCUT2D eigenvalue weighted by atomic mass is 9.66. The second-order valence-corrected chi connectivity index (χ2v) is 19.9. The Balaban J connectivity index is 0.000000943. The Morgan fingerprint density at radius 2 is 1.37 bits per heavy atom. The molecular formula is C43H60NO5PS. The first-order chi connectivity index (χ1) is 24.3. The Kier molecular flexibility index (Phi) is 13.3. The van der Waals surface area contributed by atoms with Crippen LogP contribution in [0.3, 0.4) is 0 Å². The van der Waals surface area contributed by atoms with E-state index in [2.05, 4.69) is 119 Å². The highest BCUT2D eigenvalue weighted by Gasteiger charge is 2.64. The van der Waals surface area contributed by atoms with Gasteiger partial charge in [0.1, 0.15) is 11.1 Å². The number of nitrogens with two attached hydrogens (primary N) is 1. The quantitative estimate of drug-likeness (QED) is 0.186. The molecule has 278 valence electrons. The van der Waals surface area contributed by atoms with Crippen LogP contribution in [-0.4, -0.2) is 53.1 Å². The third kappa shape index (κ3) is 8.99. The van der Waals surface area contributed by atoms with E-state index in [4.69, 9.17) is 19.8 Å². The average molecular weight is 734 g/mol. The lowest BCUT2D eigenvalue weighted by Gasteiger charge is -2.64. The minimum atomic E-state index is -3.67. The van der Waals surface area contributed by atoms with Gasteiger partial charge in [0.05, 0.1) is 24.0 Å². The van der Waals surface area contributed by atoms with Crippen LogP contribution in [0.2, 0.25) is 0 Å². The molecule has 8 heteroatoms. The van der Waals surface area contributed by atoms with Crippen LogP contribution in [0, 0.1) is 0 Å². The molecule has 2 fully saturated rings. The highest BCUT2D eigenvalue weighted by molar-refractivity contribution is 7.85. The molecule has 3 N–H and O–H groups in total. The summed E-state index contributed by atoms with van der Waals surface area (Å²) < 4.78 is 40.3. The van der Waals surface area contributed by atoms with E-state index in [1.807, 2.05) is 0 Å². The number of benzene rings is 2. The summed E-state index contributed by atoms with van der Waals surface area (Å²) in [6.45, 7) is 8.78. The minimum absolute atomic E-state index is 0.0591. The molecular weight excluding hydrogens is 674 g/mol. The smallest absolute Gasteiger partial charge is 0.261 e. The summed E-state index contributed by atoms with van der Waals surface area (Å²) in [7, 11) is -4.50.